The first-order chi connectivity index (χ1) is 19.2. The summed E-state index contributed by atoms with van der Waals surface area (Å²) in [6.07, 6.45) is 0. The van der Waals surface area contributed by atoms with E-state index in [4.69, 9.17) is 21.1 Å². The Hall–Kier alpha value is -4.01. The molecule has 4 aromatic carbocycles. The van der Waals surface area contributed by atoms with Crippen molar-refractivity contribution in [3.05, 3.63) is 119 Å². The van der Waals surface area contributed by atoms with Crippen molar-refractivity contribution >= 4 is 33.2 Å². The zero-order valence-electron chi connectivity index (χ0n) is 22.5. The lowest BCUT2D eigenvalue weighted by Crippen LogP contribution is -2.31. The standard InChI is InChI=1S/C31H31ClN2O5S/c1-22-4-18-30(19-5-22)40(36,37)34(20-24-6-10-26(32)11-7-24)27-12-16-29(17-13-27)39-21-31(35)33-23(2)25-8-14-28(38-3)15-9-25/h4-19,23H,20-21H2,1-3H3,(H,33,35)/t23-/m1/s1. The smallest absolute Gasteiger partial charge is 0.264 e. The second-order valence-corrected chi connectivity index (χ2v) is 11.6. The van der Waals surface area contributed by atoms with Gasteiger partial charge in [0.15, 0.2) is 6.61 Å². The van der Waals surface area contributed by atoms with E-state index in [0.717, 1.165) is 22.4 Å². The quantitative estimate of drug-likeness (QED) is 0.225. The molecule has 4 rings (SSSR count). The van der Waals surface area contributed by atoms with Gasteiger partial charge in [-0.3, -0.25) is 9.10 Å². The SMILES string of the molecule is COc1ccc([C@@H](C)NC(=O)COc2ccc(N(Cc3ccc(Cl)cc3)S(=O)(=O)c3ccc(C)cc3)cc2)cc1. The molecule has 0 fully saturated rings. The van der Waals surface area contributed by atoms with Crippen molar-refractivity contribution in [1.82, 2.24) is 5.32 Å². The molecule has 0 bridgehead atoms. The van der Waals surface area contributed by atoms with Crippen LogP contribution in [0.2, 0.25) is 5.02 Å². The molecule has 0 unspecified atom stereocenters. The molecule has 0 aliphatic heterocycles. The third-order valence-electron chi connectivity index (χ3n) is 6.34. The van der Waals surface area contributed by atoms with Gasteiger partial charge in [0.2, 0.25) is 0 Å². The van der Waals surface area contributed by atoms with Crippen LogP contribution in [0.1, 0.15) is 29.7 Å². The van der Waals surface area contributed by atoms with Gasteiger partial charge in [-0.25, -0.2) is 8.42 Å². The Balaban J connectivity index is 1.46. The van der Waals surface area contributed by atoms with Gasteiger partial charge in [-0.1, -0.05) is 53.6 Å². The molecule has 1 N–H and O–H groups in total. The Morgan fingerprint density at radius 1 is 0.875 bits per heavy atom. The Morgan fingerprint density at radius 2 is 1.48 bits per heavy atom. The molecule has 40 heavy (non-hydrogen) atoms. The molecule has 4 aromatic rings. The fourth-order valence-electron chi connectivity index (χ4n) is 4.02. The number of carbonyl (C=O) groups is 1. The number of nitrogens with one attached hydrogen (secondary N) is 1. The first-order valence-corrected chi connectivity index (χ1v) is 14.5. The van der Waals surface area contributed by atoms with E-state index in [0.29, 0.717) is 16.5 Å². The summed E-state index contributed by atoms with van der Waals surface area (Å²) < 4.78 is 39.5. The molecule has 1 atom stereocenters. The normalized spacial score (nSPS) is 11.9. The monoisotopic (exact) mass is 578 g/mol. The maximum atomic E-state index is 13.7. The van der Waals surface area contributed by atoms with Crippen molar-refractivity contribution in [2.24, 2.45) is 0 Å². The molecular weight excluding hydrogens is 548 g/mol. The number of aryl methyl sites for hydroxylation is 1. The molecular formula is C31H31ClN2O5S. The topological polar surface area (TPSA) is 84.9 Å². The van der Waals surface area contributed by atoms with Crippen molar-refractivity contribution in [3.8, 4) is 11.5 Å². The predicted octanol–water partition coefficient (Wildman–Crippen LogP) is 6.31. The highest BCUT2D eigenvalue weighted by atomic mass is 35.5. The van der Waals surface area contributed by atoms with E-state index in [9.17, 15) is 13.2 Å². The van der Waals surface area contributed by atoms with Crippen LogP contribution in [0, 0.1) is 6.92 Å². The Kier molecular flexibility index (Phi) is 9.34. The van der Waals surface area contributed by atoms with Crippen molar-refractivity contribution in [3.63, 3.8) is 0 Å². The Bertz CT molecular complexity index is 1520. The van der Waals surface area contributed by atoms with E-state index in [2.05, 4.69) is 5.32 Å². The lowest BCUT2D eigenvalue weighted by atomic mass is 10.1. The van der Waals surface area contributed by atoms with Gasteiger partial charge < -0.3 is 14.8 Å². The van der Waals surface area contributed by atoms with Crippen LogP contribution in [0.15, 0.2) is 102 Å². The molecule has 0 aliphatic carbocycles. The minimum atomic E-state index is -3.87. The molecule has 208 valence electrons. The highest BCUT2D eigenvalue weighted by Gasteiger charge is 2.25. The van der Waals surface area contributed by atoms with Crippen LogP contribution in [0.4, 0.5) is 5.69 Å². The molecule has 0 spiro atoms. The van der Waals surface area contributed by atoms with Gasteiger partial charge in [-0.05, 0) is 85.6 Å². The van der Waals surface area contributed by atoms with Crippen LogP contribution < -0.4 is 19.1 Å². The van der Waals surface area contributed by atoms with Crippen LogP contribution in [0.3, 0.4) is 0 Å². The number of hydrogen-bond acceptors (Lipinski definition) is 5. The van der Waals surface area contributed by atoms with Crippen LogP contribution in [-0.4, -0.2) is 28.0 Å². The summed E-state index contributed by atoms with van der Waals surface area (Å²) in [5.74, 6) is 0.904. The fraction of sp³-hybridized carbons (Fsp3) is 0.194. The van der Waals surface area contributed by atoms with E-state index >= 15 is 0 Å². The predicted molar refractivity (Wildman–Crippen MR) is 157 cm³/mol. The van der Waals surface area contributed by atoms with Gasteiger partial charge in [0.25, 0.3) is 15.9 Å². The molecule has 0 saturated heterocycles. The number of amides is 1. The van der Waals surface area contributed by atoms with Gasteiger partial charge >= 0.3 is 0 Å². The first-order valence-electron chi connectivity index (χ1n) is 12.7. The average molecular weight is 579 g/mol. The molecule has 0 aliphatic rings. The van der Waals surface area contributed by atoms with Crippen molar-refractivity contribution in [1.29, 1.82) is 0 Å². The Labute approximate surface area is 240 Å². The van der Waals surface area contributed by atoms with Crippen molar-refractivity contribution in [2.45, 2.75) is 31.3 Å². The summed E-state index contributed by atoms with van der Waals surface area (Å²) in [6.45, 7) is 3.72. The van der Waals surface area contributed by atoms with E-state index in [-0.39, 0.29) is 30.0 Å². The number of benzene rings is 4. The summed E-state index contributed by atoms with van der Waals surface area (Å²) >= 11 is 6.03. The number of hydrogen-bond donors (Lipinski definition) is 1. The molecule has 0 radical (unpaired) electrons. The van der Waals surface area contributed by atoms with E-state index < -0.39 is 10.0 Å². The minimum Gasteiger partial charge on any atom is -0.497 e. The number of methoxy groups -OCH3 is 1. The number of ether oxygens (including phenoxy) is 2. The van der Waals surface area contributed by atoms with Crippen molar-refractivity contribution < 1.29 is 22.7 Å². The molecule has 0 saturated carbocycles. The summed E-state index contributed by atoms with van der Waals surface area (Å²) in [5, 5.41) is 3.48. The summed E-state index contributed by atoms with van der Waals surface area (Å²) in [5.41, 5.74) is 3.14. The van der Waals surface area contributed by atoms with Crippen LogP contribution in [0.25, 0.3) is 0 Å². The maximum Gasteiger partial charge on any atom is 0.264 e. The second kappa shape index (κ2) is 12.9. The Morgan fingerprint density at radius 3 is 2.08 bits per heavy atom. The second-order valence-electron chi connectivity index (χ2n) is 9.30. The molecule has 1 amide bonds. The largest absolute Gasteiger partial charge is 0.497 e. The number of carbonyl (C=O) groups excluding carboxylic acids is 1. The molecule has 9 heteroatoms. The third-order valence-corrected chi connectivity index (χ3v) is 8.38. The fourth-order valence-corrected chi connectivity index (χ4v) is 5.60. The lowest BCUT2D eigenvalue weighted by Gasteiger charge is -2.25. The highest BCUT2D eigenvalue weighted by molar-refractivity contribution is 7.92. The zero-order valence-corrected chi connectivity index (χ0v) is 24.1. The number of sulfonamides is 1. The van der Waals surface area contributed by atoms with Crippen LogP contribution in [-0.2, 0) is 21.4 Å². The molecule has 7 nitrogen and oxygen atoms in total. The first kappa shape index (κ1) is 29.0. The van der Waals surface area contributed by atoms with E-state index in [1.807, 2.05) is 38.1 Å². The van der Waals surface area contributed by atoms with Gasteiger partial charge in [0.05, 0.1) is 30.3 Å². The molecule has 0 heterocycles. The number of nitrogens with zero attached hydrogens (tertiary/aromatic N) is 1. The van der Waals surface area contributed by atoms with Crippen LogP contribution in [0.5, 0.6) is 11.5 Å². The van der Waals surface area contributed by atoms with E-state index in [1.165, 1.54) is 4.31 Å². The zero-order chi connectivity index (χ0) is 28.7. The van der Waals surface area contributed by atoms with Gasteiger partial charge in [-0.15, -0.1) is 0 Å². The number of rotatable bonds is 11. The maximum absolute atomic E-state index is 13.7. The van der Waals surface area contributed by atoms with Gasteiger partial charge in [0.1, 0.15) is 11.5 Å². The van der Waals surface area contributed by atoms with Crippen molar-refractivity contribution in [2.75, 3.05) is 18.0 Å². The third kappa shape index (κ3) is 7.34. The minimum absolute atomic E-state index is 0.110. The number of anilines is 1. The summed E-state index contributed by atoms with van der Waals surface area (Å²) in [7, 11) is -2.27. The van der Waals surface area contributed by atoms with Gasteiger partial charge in [0, 0.05) is 5.02 Å². The highest BCUT2D eigenvalue weighted by Crippen LogP contribution is 2.28. The van der Waals surface area contributed by atoms with E-state index in [1.54, 1.807) is 79.9 Å². The molecule has 0 aromatic heterocycles. The lowest BCUT2D eigenvalue weighted by molar-refractivity contribution is -0.123. The average Bonchev–Trinajstić information content (AvgIpc) is 2.96. The van der Waals surface area contributed by atoms with Crippen LogP contribution >= 0.6 is 11.6 Å². The summed E-state index contributed by atoms with van der Waals surface area (Å²) in [6, 6.07) is 27.7. The number of halogens is 1. The summed E-state index contributed by atoms with van der Waals surface area (Å²) in [4.78, 5) is 12.7. The van der Waals surface area contributed by atoms with Gasteiger partial charge in [-0.2, -0.15) is 0 Å².